The molecule has 0 atom stereocenters. The summed E-state index contributed by atoms with van der Waals surface area (Å²) in [5, 5.41) is 17.7. The van der Waals surface area contributed by atoms with Crippen LogP contribution in [0.5, 0.6) is 0 Å². The lowest BCUT2D eigenvalue weighted by Crippen LogP contribution is -1.90. The normalized spacial score (nSPS) is 10.6. The number of aromatic nitrogens is 3. The number of rotatable bonds is 1. The molecule has 2 aromatic heterocycles. The Morgan fingerprint density at radius 1 is 1.21 bits per heavy atom. The average molecular weight is 334 g/mol. The van der Waals surface area contributed by atoms with Gasteiger partial charge >= 0.3 is 0 Å². The van der Waals surface area contributed by atoms with Gasteiger partial charge in [0.05, 0.1) is 16.7 Å². The van der Waals surface area contributed by atoms with Crippen LogP contribution in [-0.4, -0.2) is 14.6 Å². The second kappa shape index (κ2) is 4.65. The molecule has 0 spiro atoms. The Hall–Kier alpha value is -1.90. The van der Waals surface area contributed by atoms with Crippen molar-refractivity contribution in [3.8, 4) is 17.5 Å². The number of fused-ring (bicyclic) bond motifs is 1. The zero-order valence-electron chi connectivity index (χ0n) is 9.51. The first-order valence-corrected chi connectivity index (χ1v) is 6.56. The van der Waals surface area contributed by atoms with Crippen LogP contribution in [0, 0.1) is 11.3 Å². The standard InChI is InChI=1S/C13H6BrClN4/c14-9-1-2-11(15)10(6-9)13-18-17-12-5-8(7-16)3-4-19(12)13/h1-6H. The lowest BCUT2D eigenvalue weighted by atomic mass is 10.2. The van der Waals surface area contributed by atoms with Crippen LogP contribution in [-0.2, 0) is 0 Å². The number of pyridine rings is 1. The van der Waals surface area contributed by atoms with E-state index in [1.807, 2.05) is 12.1 Å². The van der Waals surface area contributed by atoms with Crippen molar-refractivity contribution in [2.24, 2.45) is 0 Å². The number of nitriles is 1. The molecule has 0 saturated heterocycles. The molecule has 0 radical (unpaired) electrons. The number of benzene rings is 1. The van der Waals surface area contributed by atoms with E-state index < -0.39 is 0 Å². The summed E-state index contributed by atoms with van der Waals surface area (Å²) in [6.45, 7) is 0. The molecule has 4 nitrogen and oxygen atoms in total. The van der Waals surface area contributed by atoms with Gasteiger partial charge in [-0.15, -0.1) is 10.2 Å². The molecule has 3 aromatic rings. The van der Waals surface area contributed by atoms with Gasteiger partial charge in [0.25, 0.3) is 0 Å². The third-order valence-corrected chi connectivity index (χ3v) is 3.53. The fraction of sp³-hybridized carbons (Fsp3) is 0. The minimum atomic E-state index is 0.548. The molecule has 1 aromatic carbocycles. The Morgan fingerprint density at radius 3 is 2.84 bits per heavy atom. The van der Waals surface area contributed by atoms with Crippen molar-refractivity contribution in [1.29, 1.82) is 5.26 Å². The van der Waals surface area contributed by atoms with Crippen molar-refractivity contribution in [3.05, 3.63) is 51.6 Å². The van der Waals surface area contributed by atoms with Crippen LogP contribution in [0.3, 0.4) is 0 Å². The maximum atomic E-state index is 8.87. The van der Waals surface area contributed by atoms with Gasteiger partial charge in [0.15, 0.2) is 11.5 Å². The largest absolute Gasteiger partial charge is 0.282 e. The number of nitrogens with zero attached hydrogens (tertiary/aromatic N) is 4. The molecule has 0 amide bonds. The van der Waals surface area contributed by atoms with Gasteiger partial charge in [0.1, 0.15) is 0 Å². The molecule has 0 fully saturated rings. The molecule has 3 rings (SSSR count). The summed E-state index contributed by atoms with van der Waals surface area (Å²) in [6.07, 6.45) is 1.76. The summed E-state index contributed by atoms with van der Waals surface area (Å²) in [4.78, 5) is 0. The molecule has 0 aliphatic heterocycles. The maximum absolute atomic E-state index is 8.87. The van der Waals surface area contributed by atoms with Gasteiger partial charge < -0.3 is 0 Å². The van der Waals surface area contributed by atoms with Crippen molar-refractivity contribution in [1.82, 2.24) is 14.6 Å². The molecule has 6 heteroatoms. The number of hydrogen-bond acceptors (Lipinski definition) is 3. The van der Waals surface area contributed by atoms with Crippen molar-refractivity contribution >= 4 is 33.2 Å². The van der Waals surface area contributed by atoms with E-state index in [0.29, 0.717) is 22.1 Å². The molecule has 0 aliphatic carbocycles. The summed E-state index contributed by atoms with van der Waals surface area (Å²) in [5.74, 6) is 0.644. The van der Waals surface area contributed by atoms with Crippen LogP contribution >= 0.6 is 27.5 Å². The Bertz CT molecular complexity index is 819. The van der Waals surface area contributed by atoms with Crippen LogP contribution in [0.2, 0.25) is 5.02 Å². The molecular formula is C13H6BrClN4. The van der Waals surface area contributed by atoms with Crippen LogP contribution in [0.25, 0.3) is 17.0 Å². The van der Waals surface area contributed by atoms with Gasteiger partial charge in [-0.25, -0.2) is 0 Å². The molecule has 0 bridgehead atoms. The number of halogens is 2. The van der Waals surface area contributed by atoms with E-state index in [1.165, 1.54) is 0 Å². The quantitative estimate of drug-likeness (QED) is 0.682. The van der Waals surface area contributed by atoms with Gasteiger partial charge in [-0.2, -0.15) is 5.26 Å². The summed E-state index contributed by atoms with van der Waals surface area (Å²) in [7, 11) is 0. The van der Waals surface area contributed by atoms with Crippen molar-refractivity contribution in [3.63, 3.8) is 0 Å². The lowest BCUT2D eigenvalue weighted by molar-refractivity contribution is 1.11. The van der Waals surface area contributed by atoms with Crippen LogP contribution in [0.1, 0.15) is 5.56 Å². The second-order valence-corrected chi connectivity index (χ2v) is 5.23. The monoisotopic (exact) mass is 332 g/mol. The van der Waals surface area contributed by atoms with Crippen molar-refractivity contribution in [2.75, 3.05) is 0 Å². The highest BCUT2D eigenvalue weighted by molar-refractivity contribution is 9.10. The summed E-state index contributed by atoms with van der Waals surface area (Å²) < 4.78 is 2.71. The molecule has 0 aliphatic rings. The SMILES string of the molecule is N#Cc1ccn2c(-c3cc(Br)ccc3Cl)nnc2c1. The van der Waals surface area contributed by atoms with E-state index in [9.17, 15) is 0 Å². The van der Waals surface area contributed by atoms with Crippen LogP contribution < -0.4 is 0 Å². The maximum Gasteiger partial charge on any atom is 0.169 e. The third kappa shape index (κ3) is 2.09. The topological polar surface area (TPSA) is 54.0 Å². The average Bonchev–Trinajstić information content (AvgIpc) is 2.84. The Labute approximate surface area is 122 Å². The van der Waals surface area contributed by atoms with E-state index in [1.54, 1.807) is 28.8 Å². The predicted octanol–water partition coefficient (Wildman–Crippen LogP) is 3.68. The second-order valence-electron chi connectivity index (χ2n) is 3.90. The zero-order valence-corrected chi connectivity index (χ0v) is 11.9. The van der Waals surface area contributed by atoms with Crippen LogP contribution in [0.4, 0.5) is 0 Å². The van der Waals surface area contributed by atoms with Gasteiger partial charge in [0, 0.05) is 22.3 Å². The fourth-order valence-electron chi connectivity index (χ4n) is 1.81. The van der Waals surface area contributed by atoms with Crippen molar-refractivity contribution in [2.45, 2.75) is 0 Å². The van der Waals surface area contributed by atoms with E-state index in [2.05, 4.69) is 32.2 Å². The van der Waals surface area contributed by atoms with Crippen molar-refractivity contribution < 1.29 is 0 Å². The fourth-order valence-corrected chi connectivity index (χ4v) is 2.38. The van der Waals surface area contributed by atoms with Gasteiger partial charge in [-0.3, -0.25) is 4.40 Å². The Kier molecular flexibility index (Phi) is 2.97. The molecule has 2 heterocycles. The lowest BCUT2D eigenvalue weighted by Gasteiger charge is -2.03. The minimum Gasteiger partial charge on any atom is -0.282 e. The van der Waals surface area contributed by atoms with Gasteiger partial charge in [0.2, 0.25) is 0 Å². The Morgan fingerprint density at radius 2 is 2.05 bits per heavy atom. The highest BCUT2D eigenvalue weighted by atomic mass is 79.9. The van der Waals surface area contributed by atoms with Gasteiger partial charge in [-0.05, 0) is 24.3 Å². The minimum absolute atomic E-state index is 0.548. The van der Waals surface area contributed by atoms with Crippen LogP contribution in [0.15, 0.2) is 41.0 Å². The predicted molar refractivity (Wildman–Crippen MR) is 75.8 cm³/mol. The summed E-state index contributed by atoms with van der Waals surface area (Å²) in [5.41, 5.74) is 1.95. The first-order valence-electron chi connectivity index (χ1n) is 5.39. The molecule has 0 saturated carbocycles. The molecule has 19 heavy (non-hydrogen) atoms. The third-order valence-electron chi connectivity index (χ3n) is 2.71. The summed E-state index contributed by atoms with van der Waals surface area (Å²) >= 11 is 9.60. The van der Waals surface area contributed by atoms with Gasteiger partial charge in [-0.1, -0.05) is 27.5 Å². The molecular weight excluding hydrogens is 328 g/mol. The smallest absolute Gasteiger partial charge is 0.169 e. The Balaban J connectivity index is 2.26. The first-order chi connectivity index (χ1) is 9.19. The number of hydrogen-bond donors (Lipinski definition) is 0. The molecule has 92 valence electrons. The van der Waals surface area contributed by atoms with E-state index >= 15 is 0 Å². The summed E-state index contributed by atoms with van der Waals surface area (Å²) in [6, 6.07) is 11.0. The molecule has 0 N–H and O–H groups in total. The highest BCUT2D eigenvalue weighted by Crippen LogP contribution is 2.29. The van der Waals surface area contributed by atoms with E-state index in [0.717, 1.165) is 10.0 Å². The van der Waals surface area contributed by atoms with E-state index in [4.69, 9.17) is 16.9 Å². The molecule has 0 unspecified atom stereocenters. The first kappa shape index (κ1) is 12.2. The zero-order chi connectivity index (χ0) is 13.4. The highest BCUT2D eigenvalue weighted by Gasteiger charge is 2.12. The van der Waals surface area contributed by atoms with E-state index in [-0.39, 0.29) is 0 Å².